The Bertz CT molecular complexity index is 579. The molecule has 0 radical (unpaired) electrons. The Hall–Kier alpha value is -1.61. The van der Waals surface area contributed by atoms with E-state index in [2.05, 4.69) is 53.6 Å². The molecule has 0 saturated carbocycles. The molecule has 1 atom stereocenters. The second-order valence-electron chi connectivity index (χ2n) is 4.87. The van der Waals surface area contributed by atoms with Crippen LogP contribution in [0.3, 0.4) is 0 Å². The maximum Gasteiger partial charge on any atom is 0.155 e. The molecule has 2 aromatic rings. The van der Waals surface area contributed by atoms with Gasteiger partial charge in [-0.05, 0) is 44.4 Å². The van der Waals surface area contributed by atoms with Crippen molar-refractivity contribution in [2.75, 3.05) is 5.32 Å². The van der Waals surface area contributed by atoms with Crippen molar-refractivity contribution in [1.82, 2.24) is 10.2 Å². The lowest BCUT2D eigenvalue weighted by Gasteiger charge is -2.17. The molecule has 0 aliphatic carbocycles. The summed E-state index contributed by atoms with van der Waals surface area (Å²) in [4.78, 5) is 0. The molecule has 0 amide bonds. The minimum absolute atomic E-state index is 0.175. The van der Waals surface area contributed by atoms with E-state index in [0.29, 0.717) is 5.15 Å². The van der Waals surface area contributed by atoms with Crippen LogP contribution < -0.4 is 5.32 Å². The third kappa shape index (κ3) is 3.04. The van der Waals surface area contributed by atoms with E-state index in [1.54, 1.807) is 0 Å². The van der Waals surface area contributed by atoms with Crippen molar-refractivity contribution in [3.63, 3.8) is 0 Å². The summed E-state index contributed by atoms with van der Waals surface area (Å²) in [6.45, 7) is 8.14. The Morgan fingerprint density at radius 2 is 1.63 bits per heavy atom. The number of nitrogens with zero attached hydrogens (tertiary/aromatic N) is 2. The molecule has 1 N–H and O–H groups in total. The molecule has 0 bridgehead atoms. The lowest BCUT2D eigenvalue weighted by atomic mass is 10.1. The summed E-state index contributed by atoms with van der Waals surface area (Å²) in [5.41, 5.74) is 4.49. The summed E-state index contributed by atoms with van der Waals surface area (Å²) in [6.07, 6.45) is 0. The predicted molar refractivity (Wildman–Crippen MR) is 79.7 cm³/mol. The zero-order chi connectivity index (χ0) is 14.0. The molecule has 19 heavy (non-hydrogen) atoms. The van der Waals surface area contributed by atoms with E-state index >= 15 is 0 Å². The van der Waals surface area contributed by atoms with Gasteiger partial charge in [0.15, 0.2) is 11.0 Å². The van der Waals surface area contributed by atoms with Crippen molar-refractivity contribution in [1.29, 1.82) is 0 Å². The number of nitrogens with one attached hydrogen (secondary N) is 1. The number of benzene rings is 1. The number of hydrogen-bond donors (Lipinski definition) is 1. The normalized spacial score (nSPS) is 12.3. The van der Waals surface area contributed by atoms with Gasteiger partial charge in [-0.25, -0.2) is 0 Å². The molecule has 100 valence electrons. The molecule has 3 nitrogen and oxygen atoms in total. The molecule has 0 saturated heterocycles. The van der Waals surface area contributed by atoms with Gasteiger partial charge in [0, 0.05) is 0 Å². The second-order valence-corrected chi connectivity index (χ2v) is 5.22. The SMILES string of the molecule is Cc1ccc(C(C)Nc2nnc(Cl)c(C)c2C)cc1. The van der Waals surface area contributed by atoms with Crippen molar-refractivity contribution in [2.45, 2.75) is 33.7 Å². The molecular weight excluding hydrogens is 258 g/mol. The fourth-order valence-electron chi connectivity index (χ4n) is 1.86. The van der Waals surface area contributed by atoms with Gasteiger partial charge in [-0.15, -0.1) is 10.2 Å². The van der Waals surface area contributed by atoms with Crippen LogP contribution >= 0.6 is 11.6 Å². The average molecular weight is 276 g/mol. The largest absolute Gasteiger partial charge is 0.362 e. The highest BCUT2D eigenvalue weighted by molar-refractivity contribution is 6.30. The molecule has 1 aromatic carbocycles. The van der Waals surface area contributed by atoms with Crippen LogP contribution in [-0.2, 0) is 0 Å². The van der Waals surface area contributed by atoms with Gasteiger partial charge in [0.2, 0.25) is 0 Å². The number of rotatable bonds is 3. The number of halogens is 1. The first kappa shape index (κ1) is 13.8. The zero-order valence-corrected chi connectivity index (χ0v) is 12.4. The van der Waals surface area contributed by atoms with Crippen molar-refractivity contribution >= 4 is 17.4 Å². The van der Waals surface area contributed by atoms with Gasteiger partial charge < -0.3 is 5.32 Å². The number of aromatic nitrogens is 2. The van der Waals surface area contributed by atoms with Gasteiger partial charge in [-0.2, -0.15) is 0 Å². The van der Waals surface area contributed by atoms with Crippen molar-refractivity contribution < 1.29 is 0 Å². The fraction of sp³-hybridized carbons (Fsp3) is 0.333. The molecular formula is C15H18ClN3. The first-order chi connectivity index (χ1) is 8.99. The van der Waals surface area contributed by atoms with Crippen LogP contribution in [0, 0.1) is 20.8 Å². The highest BCUT2D eigenvalue weighted by Crippen LogP contribution is 2.24. The van der Waals surface area contributed by atoms with E-state index in [0.717, 1.165) is 16.9 Å². The number of anilines is 1. The fourth-order valence-corrected chi connectivity index (χ4v) is 2.04. The molecule has 1 aromatic heterocycles. The van der Waals surface area contributed by atoms with Crippen LogP contribution in [0.4, 0.5) is 5.82 Å². The van der Waals surface area contributed by atoms with Gasteiger partial charge in [-0.1, -0.05) is 41.4 Å². The quantitative estimate of drug-likeness (QED) is 0.911. The third-order valence-corrected chi connectivity index (χ3v) is 3.75. The first-order valence-electron chi connectivity index (χ1n) is 6.31. The minimum atomic E-state index is 0.175. The van der Waals surface area contributed by atoms with Gasteiger partial charge in [0.1, 0.15) is 0 Å². The van der Waals surface area contributed by atoms with E-state index in [-0.39, 0.29) is 6.04 Å². The standard InChI is InChI=1S/C15H18ClN3/c1-9-5-7-13(8-6-9)12(4)17-15-11(3)10(2)14(16)18-19-15/h5-8,12H,1-4H3,(H,17,19). The molecule has 1 heterocycles. The minimum Gasteiger partial charge on any atom is -0.362 e. The molecule has 0 spiro atoms. The Morgan fingerprint density at radius 1 is 1.00 bits per heavy atom. The number of hydrogen-bond acceptors (Lipinski definition) is 3. The summed E-state index contributed by atoms with van der Waals surface area (Å²) in [5.74, 6) is 0.787. The van der Waals surface area contributed by atoms with Crippen molar-refractivity contribution in [3.05, 3.63) is 51.7 Å². The van der Waals surface area contributed by atoms with Crippen molar-refractivity contribution in [2.24, 2.45) is 0 Å². The smallest absolute Gasteiger partial charge is 0.155 e. The van der Waals surface area contributed by atoms with Crippen LogP contribution in [0.5, 0.6) is 0 Å². The van der Waals surface area contributed by atoms with E-state index in [9.17, 15) is 0 Å². The highest BCUT2D eigenvalue weighted by atomic mass is 35.5. The second kappa shape index (κ2) is 5.57. The monoisotopic (exact) mass is 275 g/mol. The predicted octanol–water partition coefficient (Wildman–Crippen LogP) is 4.23. The molecule has 0 aliphatic rings. The highest BCUT2D eigenvalue weighted by Gasteiger charge is 2.11. The maximum absolute atomic E-state index is 5.96. The maximum atomic E-state index is 5.96. The Morgan fingerprint density at radius 3 is 2.26 bits per heavy atom. The summed E-state index contributed by atoms with van der Waals surface area (Å²) in [6, 6.07) is 8.64. The molecule has 0 aliphatic heterocycles. The number of aryl methyl sites for hydroxylation is 1. The lowest BCUT2D eigenvalue weighted by molar-refractivity contribution is 0.853. The van der Waals surface area contributed by atoms with Gasteiger partial charge in [-0.3, -0.25) is 0 Å². The van der Waals surface area contributed by atoms with E-state index < -0.39 is 0 Å². The van der Waals surface area contributed by atoms with Crippen molar-refractivity contribution in [3.8, 4) is 0 Å². The Balaban J connectivity index is 2.21. The van der Waals surface area contributed by atoms with Crippen LogP contribution in [0.15, 0.2) is 24.3 Å². The van der Waals surface area contributed by atoms with Crippen LogP contribution in [0.1, 0.15) is 35.2 Å². The molecule has 1 unspecified atom stereocenters. The lowest BCUT2D eigenvalue weighted by Crippen LogP contribution is -2.10. The molecule has 4 heteroatoms. The van der Waals surface area contributed by atoms with Gasteiger partial charge >= 0.3 is 0 Å². The van der Waals surface area contributed by atoms with E-state index in [1.807, 2.05) is 13.8 Å². The third-order valence-electron chi connectivity index (χ3n) is 3.40. The van der Waals surface area contributed by atoms with E-state index in [1.165, 1.54) is 11.1 Å². The first-order valence-corrected chi connectivity index (χ1v) is 6.69. The average Bonchev–Trinajstić information content (AvgIpc) is 2.40. The van der Waals surface area contributed by atoms with Crippen LogP contribution in [0.2, 0.25) is 5.15 Å². The summed E-state index contributed by atoms with van der Waals surface area (Å²) >= 11 is 5.96. The van der Waals surface area contributed by atoms with E-state index in [4.69, 9.17) is 11.6 Å². The molecule has 0 fully saturated rings. The zero-order valence-electron chi connectivity index (χ0n) is 11.7. The summed E-state index contributed by atoms with van der Waals surface area (Å²) < 4.78 is 0. The van der Waals surface area contributed by atoms with Crippen LogP contribution in [-0.4, -0.2) is 10.2 Å². The van der Waals surface area contributed by atoms with Gasteiger partial charge in [0.05, 0.1) is 6.04 Å². The van der Waals surface area contributed by atoms with Crippen LogP contribution in [0.25, 0.3) is 0 Å². The van der Waals surface area contributed by atoms with Gasteiger partial charge in [0.25, 0.3) is 0 Å². The topological polar surface area (TPSA) is 37.8 Å². The summed E-state index contributed by atoms with van der Waals surface area (Å²) in [7, 11) is 0. The summed E-state index contributed by atoms with van der Waals surface area (Å²) in [5, 5.41) is 11.9. The Kier molecular flexibility index (Phi) is 4.05. The Labute approximate surface area is 119 Å². The molecule has 2 rings (SSSR count).